The summed E-state index contributed by atoms with van der Waals surface area (Å²) in [5, 5.41) is 2.54. The second kappa shape index (κ2) is 6.97. The number of benzene rings is 1. The number of rotatable bonds is 4. The lowest BCUT2D eigenvalue weighted by atomic mass is 10.1. The molecule has 0 atom stereocenters. The Balaban J connectivity index is 2.60. The number of hydrogen-bond donors (Lipinski definition) is 2. The van der Waals surface area contributed by atoms with Gasteiger partial charge < -0.3 is 20.5 Å². The molecule has 0 bridgehead atoms. The number of carbonyl (C=O) groups is 1. The fraction of sp³-hybridized carbons (Fsp3) is 0.400. The van der Waals surface area contributed by atoms with Crippen molar-refractivity contribution in [3.05, 3.63) is 29.6 Å². The molecule has 0 saturated heterocycles. The van der Waals surface area contributed by atoms with Gasteiger partial charge in [-0.2, -0.15) is 0 Å². The van der Waals surface area contributed by atoms with Crippen LogP contribution in [0, 0.1) is 5.82 Å². The van der Waals surface area contributed by atoms with E-state index in [9.17, 15) is 9.18 Å². The molecule has 1 aromatic rings. The van der Waals surface area contributed by atoms with E-state index in [2.05, 4.69) is 5.32 Å². The quantitative estimate of drug-likeness (QED) is 0.838. The van der Waals surface area contributed by atoms with Crippen LogP contribution in [0.2, 0.25) is 0 Å². The number of halogens is 1. The predicted molar refractivity (Wildman–Crippen MR) is 80.6 cm³/mol. The van der Waals surface area contributed by atoms with Gasteiger partial charge in [0.25, 0.3) is 0 Å². The highest BCUT2D eigenvalue weighted by Gasteiger charge is 2.15. The monoisotopic (exact) mass is 296 g/mol. The molecular formula is C15H21FN2O3. The first kappa shape index (κ1) is 16.8. The highest BCUT2D eigenvalue weighted by atomic mass is 19.1. The van der Waals surface area contributed by atoms with Gasteiger partial charge in [0.1, 0.15) is 17.2 Å². The molecule has 6 heteroatoms. The molecule has 116 valence electrons. The Bertz CT molecular complexity index is 536. The van der Waals surface area contributed by atoms with Crippen LogP contribution >= 0.6 is 0 Å². The Kier molecular flexibility index (Phi) is 5.58. The largest absolute Gasteiger partial charge is 0.495 e. The number of carbonyl (C=O) groups excluding carboxylic acids is 1. The molecule has 0 aliphatic rings. The maximum atomic E-state index is 13.7. The normalized spacial score (nSPS) is 11.5. The van der Waals surface area contributed by atoms with E-state index >= 15 is 0 Å². The molecule has 21 heavy (non-hydrogen) atoms. The van der Waals surface area contributed by atoms with Gasteiger partial charge in [-0.3, -0.25) is 0 Å². The van der Waals surface area contributed by atoms with E-state index in [1.165, 1.54) is 25.3 Å². The van der Waals surface area contributed by atoms with Crippen molar-refractivity contribution in [2.24, 2.45) is 0 Å². The Morgan fingerprint density at radius 1 is 1.43 bits per heavy atom. The minimum Gasteiger partial charge on any atom is -0.495 e. The van der Waals surface area contributed by atoms with Crippen molar-refractivity contribution in [2.45, 2.75) is 26.4 Å². The fourth-order valence-corrected chi connectivity index (χ4v) is 1.53. The third-order valence-electron chi connectivity index (χ3n) is 2.41. The van der Waals surface area contributed by atoms with Crippen LogP contribution in [0.3, 0.4) is 0 Å². The Morgan fingerprint density at radius 2 is 2.10 bits per heavy atom. The van der Waals surface area contributed by atoms with E-state index in [0.717, 1.165) is 0 Å². The summed E-state index contributed by atoms with van der Waals surface area (Å²) in [5.74, 6) is -0.0574. The zero-order valence-corrected chi connectivity index (χ0v) is 12.7. The van der Waals surface area contributed by atoms with E-state index in [1.54, 1.807) is 26.8 Å². The number of methoxy groups -OCH3 is 1. The summed E-state index contributed by atoms with van der Waals surface area (Å²) in [6, 6.07) is 2.69. The summed E-state index contributed by atoms with van der Waals surface area (Å²) < 4.78 is 23.8. The zero-order valence-electron chi connectivity index (χ0n) is 12.7. The van der Waals surface area contributed by atoms with Gasteiger partial charge in [0.15, 0.2) is 0 Å². The SMILES string of the molecule is COc1cc(C=CCNC(=O)OC(C)(C)C)c(F)cc1N. The van der Waals surface area contributed by atoms with Crippen molar-refractivity contribution in [3.8, 4) is 5.75 Å². The fourth-order valence-electron chi connectivity index (χ4n) is 1.53. The second-order valence-electron chi connectivity index (χ2n) is 5.40. The van der Waals surface area contributed by atoms with Crippen LogP contribution in [0.15, 0.2) is 18.2 Å². The van der Waals surface area contributed by atoms with E-state index in [0.29, 0.717) is 11.3 Å². The number of amides is 1. The molecule has 0 aliphatic heterocycles. The molecule has 0 radical (unpaired) electrons. The number of nitrogen functional groups attached to an aromatic ring is 1. The van der Waals surface area contributed by atoms with E-state index < -0.39 is 17.5 Å². The third-order valence-corrected chi connectivity index (χ3v) is 2.41. The summed E-state index contributed by atoms with van der Waals surface area (Å²) in [6.45, 7) is 5.55. The molecule has 0 aliphatic carbocycles. The third kappa shape index (κ3) is 5.72. The summed E-state index contributed by atoms with van der Waals surface area (Å²) in [5.41, 5.74) is 5.60. The van der Waals surface area contributed by atoms with Gasteiger partial charge in [0.05, 0.1) is 12.8 Å². The van der Waals surface area contributed by atoms with Crippen LogP contribution in [0.25, 0.3) is 6.08 Å². The highest BCUT2D eigenvalue weighted by Crippen LogP contribution is 2.25. The Labute approximate surface area is 123 Å². The van der Waals surface area contributed by atoms with Crippen LogP contribution in [0.4, 0.5) is 14.9 Å². The van der Waals surface area contributed by atoms with Gasteiger partial charge in [-0.05, 0) is 26.8 Å². The van der Waals surface area contributed by atoms with E-state index in [-0.39, 0.29) is 12.2 Å². The molecule has 1 aromatic carbocycles. The molecule has 3 N–H and O–H groups in total. The minimum absolute atomic E-state index is 0.223. The number of hydrogen-bond acceptors (Lipinski definition) is 4. The molecular weight excluding hydrogens is 275 g/mol. The van der Waals surface area contributed by atoms with Crippen LogP contribution in [0.1, 0.15) is 26.3 Å². The van der Waals surface area contributed by atoms with Crippen molar-refractivity contribution in [1.82, 2.24) is 5.32 Å². The summed E-state index contributed by atoms with van der Waals surface area (Å²) >= 11 is 0. The summed E-state index contributed by atoms with van der Waals surface area (Å²) in [7, 11) is 1.46. The standard InChI is InChI=1S/C15H21FN2O3/c1-15(2,3)21-14(19)18-7-5-6-10-8-13(20-4)12(17)9-11(10)16/h5-6,8-9H,7,17H2,1-4H3,(H,18,19). The summed E-state index contributed by atoms with van der Waals surface area (Å²) in [6.07, 6.45) is 2.62. The van der Waals surface area contributed by atoms with Gasteiger partial charge in [-0.25, -0.2) is 9.18 Å². The van der Waals surface area contributed by atoms with Crippen molar-refractivity contribution in [2.75, 3.05) is 19.4 Å². The van der Waals surface area contributed by atoms with Crippen molar-refractivity contribution in [3.63, 3.8) is 0 Å². The molecule has 0 fully saturated rings. The topological polar surface area (TPSA) is 73.6 Å². The second-order valence-corrected chi connectivity index (χ2v) is 5.40. The average molecular weight is 296 g/mol. The average Bonchev–Trinajstić information content (AvgIpc) is 2.34. The van der Waals surface area contributed by atoms with Crippen LogP contribution in [-0.2, 0) is 4.74 Å². The molecule has 1 rings (SSSR count). The first-order valence-corrected chi connectivity index (χ1v) is 6.49. The Hall–Kier alpha value is -2.24. The predicted octanol–water partition coefficient (Wildman–Crippen LogP) is 2.95. The number of alkyl carbamates (subject to hydrolysis) is 1. The first-order chi connectivity index (χ1) is 9.73. The molecule has 0 heterocycles. The maximum absolute atomic E-state index is 13.7. The van der Waals surface area contributed by atoms with Crippen molar-refractivity contribution in [1.29, 1.82) is 0 Å². The van der Waals surface area contributed by atoms with Crippen LogP contribution in [-0.4, -0.2) is 25.3 Å². The van der Waals surface area contributed by atoms with Gasteiger partial charge in [0, 0.05) is 18.2 Å². The van der Waals surface area contributed by atoms with E-state index in [1.807, 2.05) is 0 Å². The van der Waals surface area contributed by atoms with Crippen LogP contribution in [0.5, 0.6) is 5.75 Å². The molecule has 1 amide bonds. The van der Waals surface area contributed by atoms with Gasteiger partial charge in [0.2, 0.25) is 0 Å². The number of anilines is 1. The van der Waals surface area contributed by atoms with Crippen molar-refractivity contribution < 1.29 is 18.7 Å². The highest BCUT2D eigenvalue weighted by molar-refractivity contribution is 5.68. The van der Waals surface area contributed by atoms with Crippen LogP contribution < -0.4 is 15.8 Å². The lowest BCUT2D eigenvalue weighted by molar-refractivity contribution is 0.0534. The van der Waals surface area contributed by atoms with E-state index in [4.69, 9.17) is 15.2 Å². The molecule has 5 nitrogen and oxygen atoms in total. The number of nitrogens with one attached hydrogen (secondary N) is 1. The lowest BCUT2D eigenvalue weighted by Crippen LogP contribution is -2.32. The molecule has 0 aromatic heterocycles. The first-order valence-electron chi connectivity index (χ1n) is 6.49. The smallest absolute Gasteiger partial charge is 0.407 e. The van der Waals surface area contributed by atoms with Crippen molar-refractivity contribution >= 4 is 17.9 Å². The number of ether oxygens (including phenoxy) is 2. The molecule has 0 spiro atoms. The molecule has 0 saturated carbocycles. The van der Waals surface area contributed by atoms with Gasteiger partial charge in [-0.1, -0.05) is 12.2 Å². The maximum Gasteiger partial charge on any atom is 0.407 e. The zero-order chi connectivity index (χ0) is 16.0. The lowest BCUT2D eigenvalue weighted by Gasteiger charge is -2.19. The van der Waals surface area contributed by atoms with Gasteiger partial charge in [-0.15, -0.1) is 0 Å². The number of nitrogens with two attached hydrogens (primary N) is 1. The minimum atomic E-state index is -0.551. The summed E-state index contributed by atoms with van der Waals surface area (Å²) in [4.78, 5) is 11.4. The molecule has 0 unspecified atom stereocenters. The Morgan fingerprint density at radius 3 is 2.67 bits per heavy atom. The van der Waals surface area contributed by atoms with Gasteiger partial charge >= 0.3 is 6.09 Å².